The zero-order valence-electron chi connectivity index (χ0n) is 10.4. The quantitative estimate of drug-likeness (QED) is 0.818. The van der Waals surface area contributed by atoms with Gasteiger partial charge in [0.15, 0.2) is 5.75 Å². The number of carbonyl (C=O) groups excluding carboxylic acids is 1. The number of rotatable bonds is 5. The molecule has 0 bridgehead atoms. The standard InChI is InChI=1S/C12H18N2O3/c1-9(2)7-13-11(15)8-14-6-4-5-10(17-3)12(14)16/h4-6,9H,7-8H2,1-3H3,(H,13,15). The molecule has 1 rings (SSSR count). The lowest BCUT2D eigenvalue weighted by atomic mass is 10.2. The molecule has 1 heterocycles. The molecule has 0 spiro atoms. The molecule has 5 heteroatoms. The first kappa shape index (κ1) is 13.3. The normalized spacial score (nSPS) is 10.4. The molecule has 0 unspecified atom stereocenters. The molecule has 1 aromatic heterocycles. The van der Waals surface area contributed by atoms with Crippen LogP contribution < -0.4 is 15.6 Å². The minimum absolute atomic E-state index is 0.0166. The topological polar surface area (TPSA) is 60.3 Å². The Balaban J connectivity index is 2.69. The van der Waals surface area contributed by atoms with Gasteiger partial charge in [-0.15, -0.1) is 0 Å². The predicted molar refractivity (Wildman–Crippen MR) is 65.1 cm³/mol. The Morgan fingerprint density at radius 1 is 1.53 bits per heavy atom. The molecule has 5 nitrogen and oxygen atoms in total. The first-order chi connectivity index (χ1) is 8.04. The monoisotopic (exact) mass is 238 g/mol. The Morgan fingerprint density at radius 2 is 2.24 bits per heavy atom. The third-order valence-electron chi connectivity index (χ3n) is 2.23. The van der Waals surface area contributed by atoms with Gasteiger partial charge in [-0.1, -0.05) is 13.8 Å². The van der Waals surface area contributed by atoms with Crippen LogP contribution in [0.5, 0.6) is 5.75 Å². The maximum absolute atomic E-state index is 11.7. The van der Waals surface area contributed by atoms with Crippen molar-refractivity contribution in [2.45, 2.75) is 20.4 Å². The summed E-state index contributed by atoms with van der Waals surface area (Å²) in [5, 5.41) is 2.76. The van der Waals surface area contributed by atoms with Crippen LogP contribution in [0, 0.1) is 5.92 Å². The van der Waals surface area contributed by atoms with Crippen LogP contribution in [0.1, 0.15) is 13.8 Å². The van der Waals surface area contributed by atoms with Crippen LogP contribution >= 0.6 is 0 Å². The molecule has 0 atom stereocenters. The van der Waals surface area contributed by atoms with Crippen molar-refractivity contribution in [1.82, 2.24) is 9.88 Å². The highest BCUT2D eigenvalue weighted by atomic mass is 16.5. The number of ether oxygens (including phenoxy) is 1. The molecule has 0 fully saturated rings. The lowest BCUT2D eigenvalue weighted by Gasteiger charge is -2.09. The summed E-state index contributed by atoms with van der Waals surface area (Å²) in [6.45, 7) is 4.65. The lowest BCUT2D eigenvalue weighted by molar-refractivity contribution is -0.121. The maximum atomic E-state index is 11.7. The van der Waals surface area contributed by atoms with Gasteiger partial charge in [-0.3, -0.25) is 9.59 Å². The summed E-state index contributed by atoms with van der Waals surface area (Å²) in [4.78, 5) is 23.3. The van der Waals surface area contributed by atoms with Gasteiger partial charge in [0.25, 0.3) is 5.56 Å². The average molecular weight is 238 g/mol. The summed E-state index contributed by atoms with van der Waals surface area (Å²) >= 11 is 0. The molecule has 0 aliphatic rings. The summed E-state index contributed by atoms with van der Waals surface area (Å²) in [5.74, 6) is 0.458. The van der Waals surface area contributed by atoms with Gasteiger partial charge < -0.3 is 14.6 Å². The number of hydrogen-bond acceptors (Lipinski definition) is 3. The maximum Gasteiger partial charge on any atom is 0.293 e. The number of hydrogen-bond donors (Lipinski definition) is 1. The molecule has 0 aliphatic heterocycles. The summed E-state index contributed by atoms with van der Waals surface area (Å²) in [6.07, 6.45) is 1.57. The minimum atomic E-state index is -0.297. The number of methoxy groups -OCH3 is 1. The molecular weight excluding hydrogens is 220 g/mol. The smallest absolute Gasteiger partial charge is 0.293 e. The summed E-state index contributed by atoms with van der Waals surface area (Å²) in [5.41, 5.74) is -0.297. The highest BCUT2D eigenvalue weighted by Gasteiger charge is 2.07. The number of amides is 1. The van der Waals surface area contributed by atoms with Crippen molar-refractivity contribution in [3.8, 4) is 5.75 Å². The molecule has 1 amide bonds. The Hall–Kier alpha value is -1.78. The second-order valence-electron chi connectivity index (χ2n) is 4.21. The van der Waals surface area contributed by atoms with Gasteiger partial charge in [0.1, 0.15) is 6.54 Å². The van der Waals surface area contributed by atoms with E-state index in [2.05, 4.69) is 5.32 Å². The van der Waals surface area contributed by atoms with E-state index in [0.29, 0.717) is 12.5 Å². The van der Waals surface area contributed by atoms with E-state index in [0.717, 1.165) is 0 Å². The number of aromatic nitrogens is 1. The van der Waals surface area contributed by atoms with Crippen molar-refractivity contribution in [3.63, 3.8) is 0 Å². The van der Waals surface area contributed by atoms with Crippen LogP contribution in [0.25, 0.3) is 0 Å². The van der Waals surface area contributed by atoms with Crippen molar-refractivity contribution in [3.05, 3.63) is 28.7 Å². The Bertz CT molecular complexity index is 438. The number of pyridine rings is 1. The molecule has 0 saturated heterocycles. The van der Waals surface area contributed by atoms with E-state index in [1.807, 2.05) is 13.8 Å². The van der Waals surface area contributed by atoms with Crippen molar-refractivity contribution >= 4 is 5.91 Å². The van der Waals surface area contributed by atoms with Crippen LogP contribution in [0.3, 0.4) is 0 Å². The fourth-order valence-corrected chi connectivity index (χ4v) is 1.32. The van der Waals surface area contributed by atoms with Gasteiger partial charge in [-0.25, -0.2) is 0 Å². The van der Waals surface area contributed by atoms with Crippen LogP contribution in [-0.2, 0) is 11.3 Å². The molecule has 17 heavy (non-hydrogen) atoms. The molecule has 94 valence electrons. The first-order valence-corrected chi connectivity index (χ1v) is 5.54. The number of carbonyl (C=O) groups is 1. The van der Waals surface area contributed by atoms with E-state index in [-0.39, 0.29) is 23.8 Å². The third-order valence-corrected chi connectivity index (χ3v) is 2.23. The summed E-state index contributed by atoms with van der Waals surface area (Å²) < 4.78 is 6.23. The van der Waals surface area contributed by atoms with Crippen LogP contribution in [0.15, 0.2) is 23.1 Å². The summed E-state index contributed by atoms with van der Waals surface area (Å²) in [6, 6.07) is 3.25. The van der Waals surface area contributed by atoms with Crippen molar-refractivity contribution < 1.29 is 9.53 Å². The molecule has 0 saturated carbocycles. The molecule has 1 N–H and O–H groups in total. The van der Waals surface area contributed by atoms with Gasteiger partial charge in [0.2, 0.25) is 5.91 Å². The van der Waals surface area contributed by atoms with Crippen LogP contribution in [0.2, 0.25) is 0 Å². The fourth-order valence-electron chi connectivity index (χ4n) is 1.32. The molecular formula is C12H18N2O3. The van der Waals surface area contributed by atoms with E-state index in [1.165, 1.54) is 11.7 Å². The average Bonchev–Trinajstić information content (AvgIpc) is 2.29. The van der Waals surface area contributed by atoms with Gasteiger partial charge in [0.05, 0.1) is 7.11 Å². The van der Waals surface area contributed by atoms with Crippen molar-refractivity contribution in [1.29, 1.82) is 0 Å². The highest BCUT2D eigenvalue weighted by Crippen LogP contribution is 1.99. The Morgan fingerprint density at radius 3 is 2.82 bits per heavy atom. The summed E-state index contributed by atoms with van der Waals surface area (Å²) in [7, 11) is 1.43. The van der Waals surface area contributed by atoms with Crippen LogP contribution in [0.4, 0.5) is 0 Å². The number of nitrogens with zero attached hydrogens (tertiary/aromatic N) is 1. The second-order valence-corrected chi connectivity index (χ2v) is 4.21. The van der Waals surface area contributed by atoms with E-state index < -0.39 is 0 Å². The van der Waals surface area contributed by atoms with Gasteiger partial charge in [-0.05, 0) is 18.1 Å². The van der Waals surface area contributed by atoms with Crippen LogP contribution in [-0.4, -0.2) is 24.1 Å². The Labute approximate surface area is 100 Å². The fraction of sp³-hybridized carbons (Fsp3) is 0.500. The first-order valence-electron chi connectivity index (χ1n) is 5.54. The highest BCUT2D eigenvalue weighted by molar-refractivity contribution is 5.75. The molecule has 0 radical (unpaired) electrons. The molecule has 0 aliphatic carbocycles. The second kappa shape index (κ2) is 6.08. The van der Waals surface area contributed by atoms with E-state index >= 15 is 0 Å². The Kier molecular flexibility index (Phi) is 4.75. The predicted octanol–water partition coefficient (Wildman–Crippen LogP) is 0.629. The zero-order chi connectivity index (χ0) is 12.8. The zero-order valence-corrected chi connectivity index (χ0v) is 10.4. The SMILES string of the molecule is COc1cccn(CC(=O)NCC(C)C)c1=O. The van der Waals surface area contributed by atoms with Crippen molar-refractivity contribution in [2.24, 2.45) is 5.92 Å². The number of nitrogens with one attached hydrogen (secondary N) is 1. The van der Waals surface area contributed by atoms with E-state index in [1.54, 1.807) is 18.3 Å². The van der Waals surface area contributed by atoms with Gasteiger partial charge in [-0.2, -0.15) is 0 Å². The van der Waals surface area contributed by atoms with E-state index in [9.17, 15) is 9.59 Å². The largest absolute Gasteiger partial charge is 0.491 e. The minimum Gasteiger partial charge on any atom is -0.491 e. The third kappa shape index (κ3) is 3.94. The van der Waals surface area contributed by atoms with Crippen molar-refractivity contribution in [2.75, 3.05) is 13.7 Å². The molecule has 1 aromatic rings. The van der Waals surface area contributed by atoms with E-state index in [4.69, 9.17) is 4.74 Å². The molecule has 0 aromatic carbocycles. The lowest BCUT2D eigenvalue weighted by Crippen LogP contribution is -2.34. The van der Waals surface area contributed by atoms with Gasteiger partial charge in [0, 0.05) is 12.7 Å². The van der Waals surface area contributed by atoms with Gasteiger partial charge >= 0.3 is 0 Å².